The van der Waals surface area contributed by atoms with Gasteiger partial charge in [-0.05, 0) is 11.6 Å². The lowest BCUT2D eigenvalue weighted by atomic mass is 10.2. The first-order valence-corrected chi connectivity index (χ1v) is 4.55. The fourth-order valence-electron chi connectivity index (χ4n) is 1.12. The van der Waals surface area contributed by atoms with Crippen LogP contribution in [0.3, 0.4) is 0 Å². The van der Waals surface area contributed by atoms with Crippen molar-refractivity contribution in [2.24, 2.45) is 5.73 Å². The lowest BCUT2D eigenvalue weighted by Gasteiger charge is -2.05. The Morgan fingerprint density at radius 3 is 2.65 bits per heavy atom. The first kappa shape index (κ1) is 13.0. The van der Waals surface area contributed by atoms with Gasteiger partial charge < -0.3 is 10.7 Å². The van der Waals surface area contributed by atoms with E-state index in [4.69, 9.17) is 5.73 Å². The summed E-state index contributed by atoms with van der Waals surface area (Å²) in [6, 6.07) is 0.705. The second-order valence-electron chi connectivity index (χ2n) is 3.25. The fraction of sp³-hybridized carbons (Fsp3) is 0.200. The number of carbonyl (C=O) groups is 1. The van der Waals surface area contributed by atoms with Crippen molar-refractivity contribution < 1.29 is 18.0 Å². The second kappa shape index (κ2) is 4.86. The van der Waals surface area contributed by atoms with Crippen molar-refractivity contribution in [3.63, 3.8) is 0 Å². The number of amides is 1. The molecule has 92 valence electrons. The summed E-state index contributed by atoms with van der Waals surface area (Å²) in [6.45, 7) is 0. The van der Waals surface area contributed by atoms with Crippen LogP contribution in [-0.4, -0.2) is 10.9 Å². The Hall–Kier alpha value is -2.05. The predicted molar refractivity (Wildman–Crippen MR) is 54.9 cm³/mol. The molecule has 17 heavy (non-hydrogen) atoms. The van der Waals surface area contributed by atoms with E-state index in [-0.39, 0.29) is 12.0 Å². The molecular formula is C10H9F3N2O2. The third-order valence-electron chi connectivity index (χ3n) is 1.86. The van der Waals surface area contributed by atoms with E-state index < -0.39 is 23.2 Å². The van der Waals surface area contributed by atoms with Crippen molar-refractivity contribution in [3.05, 3.63) is 39.8 Å². The van der Waals surface area contributed by atoms with Crippen LogP contribution in [0.4, 0.5) is 13.2 Å². The van der Waals surface area contributed by atoms with E-state index in [1.165, 1.54) is 12.2 Å². The number of hydrogen-bond acceptors (Lipinski definition) is 2. The summed E-state index contributed by atoms with van der Waals surface area (Å²) >= 11 is 0. The number of nitrogens with two attached hydrogens (primary N) is 1. The Balaban J connectivity index is 3.01. The van der Waals surface area contributed by atoms with Crippen LogP contribution in [0.25, 0.3) is 6.08 Å². The monoisotopic (exact) mass is 246 g/mol. The molecule has 0 aliphatic rings. The minimum Gasteiger partial charge on any atom is -0.369 e. The molecule has 7 heteroatoms. The first-order chi connectivity index (χ1) is 7.80. The van der Waals surface area contributed by atoms with Gasteiger partial charge in [-0.25, -0.2) is 0 Å². The van der Waals surface area contributed by atoms with E-state index in [1.54, 1.807) is 0 Å². The summed E-state index contributed by atoms with van der Waals surface area (Å²) in [6.07, 6.45) is -1.08. The zero-order valence-corrected chi connectivity index (χ0v) is 8.54. The highest BCUT2D eigenvalue weighted by atomic mass is 19.4. The zero-order valence-electron chi connectivity index (χ0n) is 8.54. The average Bonchev–Trinajstić information content (AvgIpc) is 2.18. The van der Waals surface area contributed by atoms with Crippen LogP contribution in [0.15, 0.2) is 23.1 Å². The van der Waals surface area contributed by atoms with Gasteiger partial charge in [-0.3, -0.25) is 9.59 Å². The van der Waals surface area contributed by atoms with Gasteiger partial charge in [-0.2, -0.15) is 13.2 Å². The summed E-state index contributed by atoms with van der Waals surface area (Å²) in [5.74, 6) is -0.596. The van der Waals surface area contributed by atoms with Crippen molar-refractivity contribution in [2.75, 3.05) is 0 Å². The topological polar surface area (TPSA) is 76.0 Å². The third kappa shape index (κ3) is 3.78. The van der Waals surface area contributed by atoms with Crippen molar-refractivity contribution >= 4 is 12.0 Å². The van der Waals surface area contributed by atoms with Crippen molar-refractivity contribution in [2.45, 2.75) is 12.6 Å². The molecule has 4 nitrogen and oxygen atoms in total. The number of primary amides is 1. The smallest absolute Gasteiger partial charge is 0.369 e. The second-order valence-corrected chi connectivity index (χ2v) is 3.25. The largest absolute Gasteiger partial charge is 0.421 e. The molecule has 1 heterocycles. The van der Waals surface area contributed by atoms with Crippen LogP contribution in [0, 0.1) is 0 Å². The molecule has 0 saturated heterocycles. The maximum absolute atomic E-state index is 12.4. The molecule has 0 unspecified atom stereocenters. The molecule has 0 spiro atoms. The zero-order chi connectivity index (χ0) is 13.1. The minimum atomic E-state index is -4.71. The normalized spacial score (nSPS) is 11.9. The van der Waals surface area contributed by atoms with Gasteiger partial charge in [0.25, 0.3) is 5.56 Å². The highest BCUT2D eigenvalue weighted by molar-refractivity contribution is 5.76. The number of alkyl halides is 3. The van der Waals surface area contributed by atoms with Gasteiger partial charge >= 0.3 is 6.18 Å². The summed E-state index contributed by atoms with van der Waals surface area (Å²) in [7, 11) is 0. The van der Waals surface area contributed by atoms with Crippen LogP contribution in [0.1, 0.15) is 17.5 Å². The van der Waals surface area contributed by atoms with Crippen LogP contribution in [-0.2, 0) is 11.0 Å². The number of H-pyrrole nitrogens is 1. The summed E-state index contributed by atoms with van der Waals surface area (Å²) in [5, 5.41) is 0. The quantitative estimate of drug-likeness (QED) is 0.842. The van der Waals surface area contributed by atoms with E-state index in [1.807, 2.05) is 4.98 Å². The number of carbonyl (C=O) groups excluding carboxylic acids is 1. The van der Waals surface area contributed by atoms with Gasteiger partial charge in [0.05, 0.1) is 0 Å². The van der Waals surface area contributed by atoms with E-state index in [0.717, 1.165) is 6.20 Å². The Morgan fingerprint density at radius 1 is 1.47 bits per heavy atom. The molecule has 0 bridgehead atoms. The van der Waals surface area contributed by atoms with Crippen LogP contribution < -0.4 is 11.3 Å². The van der Waals surface area contributed by atoms with Gasteiger partial charge in [0.15, 0.2) is 0 Å². The molecule has 3 N–H and O–H groups in total. The highest BCUT2D eigenvalue weighted by Crippen LogP contribution is 2.26. The SMILES string of the molecule is NC(=O)CC=Cc1c[nH]c(=O)c(C(F)(F)F)c1. The minimum absolute atomic E-state index is 0.0829. The summed E-state index contributed by atoms with van der Waals surface area (Å²) < 4.78 is 37.1. The molecule has 0 fully saturated rings. The Kier molecular flexibility index (Phi) is 3.72. The van der Waals surface area contributed by atoms with Crippen LogP contribution in [0.5, 0.6) is 0 Å². The van der Waals surface area contributed by atoms with E-state index in [0.29, 0.717) is 6.07 Å². The van der Waals surface area contributed by atoms with Gasteiger partial charge in [-0.1, -0.05) is 12.2 Å². The molecule has 0 radical (unpaired) electrons. The molecule has 1 aromatic heterocycles. The number of halogens is 3. The summed E-state index contributed by atoms with van der Waals surface area (Å²) in [5.41, 5.74) is 2.51. The average molecular weight is 246 g/mol. The Bertz CT molecular complexity index is 503. The molecule has 1 rings (SSSR count). The number of pyridine rings is 1. The Morgan fingerprint density at radius 2 is 2.12 bits per heavy atom. The van der Waals surface area contributed by atoms with E-state index in [2.05, 4.69) is 0 Å². The van der Waals surface area contributed by atoms with E-state index in [9.17, 15) is 22.8 Å². The molecule has 0 atom stereocenters. The summed E-state index contributed by atoms with van der Waals surface area (Å²) in [4.78, 5) is 23.3. The number of rotatable bonds is 3. The Labute approximate surface area is 93.9 Å². The van der Waals surface area contributed by atoms with Crippen molar-refractivity contribution in [1.82, 2.24) is 4.98 Å². The first-order valence-electron chi connectivity index (χ1n) is 4.55. The molecule has 1 amide bonds. The molecule has 0 aliphatic heterocycles. The maximum atomic E-state index is 12.4. The fourth-order valence-corrected chi connectivity index (χ4v) is 1.12. The number of aromatic amines is 1. The van der Waals surface area contributed by atoms with Crippen molar-refractivity contribution in [1.29, 1.82) is 0 Å². The maximum Gasteiger partial charge on any atom is 0.421 e. The lowest BCUT2D eigenvalue weighted by Crippen LogP contribution is -2.21. The molecule has 0 aliphatic carbocycles. The highest BCUT2D eigenvalue weighted by Gasteiger charge is 2.33. The number of hydrogen-bond donors (Lipinski definition) is 2. The molecule has 0 saturated carbocycles. The van der Waals surface area contributed by atoms with Gasteiger partial charge in [0.1, 0.15) is 5.56 Å². The van der Waals surface area contributed by atoms with Gasteiger partial charge in [0, 0.05) is 12.6 Å². The van der Waals surface area contributed by atoms with E-state index >= 15 is 0 Å². The molecule has 0 aromatic carbocycles. The molecular weight excluding hydrogens is 237 g/mol. The lowest BCUT2D eigenvalue weighted by molar-refractivity contribution is -0.138. The third-order valence-corrected chi connectivity index (χ3v) is 1.86. The van der Waals surface area contributed by atoms with Gasteiger partial charge in [-0.15, -0.1) is 0 Å². The number of aromatic nitrogens is 1. The number of nitrogens with one attached hydrogen (secondary N) is 1. The van der Waals surface area contributed by atoms with Crippen molar-refractivity contribution in [3.8, 4) is 0 Å². The standard InChI is InChI=1S/C10H9F3N2O2/c11-10(12,13)7-4-6(5-15-9(7)17)2-1-3-8(14)16/h1-2,4-5H,3H2,(H2,14,16)(H,15,17). The van der Waals surface area contributed by atoms with Gasteiger partial charge in [0.2, 0.25) is 5.91 Å². The molecule has 1 aromatic rings. The predicted octanol–water partition coefficient (Wildman–Crippen LogP) is 1.28. The van der Waals surface area contributed by atoms with Crippen LogP contribution in [0.2, 0.25) is 0 Å². The van der Waals surface area contributed by atoms with Crippen LogP contribution >= 0.6 is 0 Å².